The molecule has 0 unspecified atom stereocenters. The van der Waals surface area contributed by atoms with Crippen LogP contribution in [-0.4, -0.2) is 16.4 Å². The summed E-state index contributed by atoms with van der Waals surface area (Å²) in [7, 11) is 0.726. The highest BCUT2D eigenvalue weighted by atomic mass is 28.2. The predicted molar refractivity (Wildman–Crippen MR) is 87.9 cm³/mol. The van der Waals surface area contributed by atoms with Gasteiger partial charge in [0.1, 0.15) is 0 Å². The van der Waals surface area contributed by atoms with E-state index >= 15 is 0 Å². The van der Waals surface area contributed by atoms with Gasteiger partial charge < -0.3 is 4.43 Å². The fourth-order valence-electron chi connectivity index (χ4n) is 2.37. The van der Waals surface area contributed by atoms with E-state index in [4.69, 9.17) is 4.43 Å². The molecular formula is C17H36OSi. The summed E-state index contributed by atoms with van der Waals surface area (Å²) >= 11 is 0. The molecule has 0 amide bonds. The molecule has 114 valence electrons. The van der Waals surface area contributed by atoms with Crippen LogP contribution >= 0.6 is 0 Å². The molecule has 0 spiro atoms. The minimum Gasteiger partial charge on any atom is -0.417 e. The number of hydrogen-bond donors (Lipinski definition) is 0. The van der Waals surface area contributed by atoms with Crippen molar-refractivity contribution in [3.8, 4) is 0 Å². The van der Waals surface area contributed by atoms with Crippen LogP contribution in [0.15, 0.2) is 0 Å². The first-order valence-electron chi connectivity index (χ1n) is 8.76. The molecule has 0 saturated carbocycles. The summed E-state index contributed by atoms with van der Waals surface area (Å²) in [6, 6.07) is 1.18. The Balaban J connectivity index is 2.88. The van der Waals surface area contributed by atoms with Crippen LogP contribution in [0.3, 0.4) is 0 Å². The quantitative estimate of drug-likeness (QED) is 0.244. The summed E-state index contributed by atoms with van der Waals surface area (Å²) in [5, 5.41) is 0. The number of hydrogen-bond acceptors (Lipinski definition) is 1. The maximum Gasteiger partial charge on any atom is 0.229 e. The molecule has 0 fully saturated rings. The zero-order valence-electron chi connectivity index (χ0n) is 13.5. The van der Waals surface area contributed by atoms with E-state index in [2.05, 4.69) is 13.8 Å². The smallest absolute Gasteiger partial charge is 0.229 e. The van der Waals surface area contributed by atoms with Gasteiger partial charge in [0.25, 0.3) is 0 Å². The summed E-state index contributed by atoms with van der Waals surface area (Å²) in [4.78, 5) is 0. The first-order chi connectivity index (χ1) is 9.41. The molecule has 0 aromatic carbocycles. The van der Waals surface area contributed by atoms with Crippen LogP contribution in [0.1, 0.15) is 97.3 Å². The van der Waals surface area contributed by atoms with Crippen LogP contribution in [0.2, 0.25) is 6.04 Å². The van der Waals surface area contributed by atoms with E-state index in [1.807, 2.05) is 0 Å². The molecule has 0 atom stereocenters. The van der Waals surface area contributed by atoms with E-state index < -0.39 is 0 Å². The molecule has 1 nitrogen and oxygen atoms in total. The molecule has 0 aliphatic carbocycles. The predicted octanol–water partition coefficient (Wildman–Crippen LogP) is 6.15. The lowest BCUT2D eigenvalue weighted by Gasteiger charge is -2.03. The molecule has 0 N–H and O–H groups in total. The van der Waals surface area contributed by atoms with Crippen LogP contribution in [0.5, 0.6) is 0 Å². The topological polar surface area (TPSA) is 9.23 Å². The van der Waals surface area contributed by atoms with E-state index in [0.717, 1.165) is 16.4 Å². The third-order valence-corrected chi connectivity index (χ3v) is 4.29. The van der Waals surface area contributed by atoms with E-state index in [0.29, 0.717) is 0 Å². The summed E-state index contributed by atoms with van der Waals surface area (Å²) in [5.41, 5.74) is 0. The second-order valence-electron chi connectivity index (χ2n) is 5.59. The van der Waals surface area contributed by atoms with E-state index in [-0.39, 0.29) is 0 Å². The summed E-state index contributed by atoms with van der Waals surface area (Å²) in [5.74, 6) is 0. The van der Waals surface area contributed by atoms with Gasteiger partial charge in [0.2, 0.25) is 9.76 Å². The van der Waals surface area contributed by atoms with Crippen molar-refractivity contribution in [2.75, 3.05) is 6.61 Å². The monoisotopic (exact) mass is 284 g/mol. The highest BCUT2D eigenvalue weighted by Gasteiger charge is 1.94. The van der Waals surface area contributed by atoms with Gasteiger partial charge in [-0.15, -0.1) is 0 Å². The average molecular weight is 285 g/mol. The van der Waals surface area contributed by atoms with Crippen molar-refractivity contribution < 1.29 is 4.43 Å². The summed E-state index contributed by atoms with van der Waals surface area (Å²) < 4.78 is 5.51. The largest absolute Gasteiger partial charge is 0.417 e. The zero-order chi connectivity index (χ0) is 14.0. The summed E-state index contributed by atoms with van der Waals surface area (Å²) in [6.45, 7) is 5.46. The lowest BCUT2D eigenvalue weighted by molar-refractivity contribution is 0.320. The third-order valence-electron chi connectivity index (χ3n) is 3.60. The van der Waals surface area contributed by atoms with Crippen molar-refractivity contribution in [1.29, 1.82) is 0 Å². The van der Waals surface area contributed by atoms with Crippen LogP contribution in [0, 0.1) is 0 Å². The molecule has 0 aromatic heterocycles. The molecule has 2 heteroatoms. The Morgan fingerprint density at radius 1 is 0.579 bits per heavy atom. The lowest BCUT2D eigenvalue weighted by atomic mass is 10.0. The second kappa shape index (κ2) is 18.2. The van der Waals surface area contributed by atoms with Gasteiger partial charge >= 0.3 is 0 Å². The molecular weight excluding hydrogens is 248 g/mol. The maximum absolute atomic E-state index is 5.51. The third kappa shape index (κ3) is 18.2. The first kappa shape index (κ1) is 19.2. The van der Waals surface area contributed by atoms with Crippen LogP contribution in [-0.2, 0) is 4.43 Å². The fraction of sp³-hybridized carbons (Fsp3) is 1.00. The highest BCUT2D eigenvalue weighted by molar-refractivity contribution is 6.26. The normalized spacial score (nSPS) is 11.1. The van der Waals surface area contributed by atoms with Crippen molar-refractivity contribution in [2.24, 2.45) is 0 Å². The summed E-state index contributed by atoms with van der Waals surface area (Å²) in [6.07, 6.45) is 18.5. The Morgan fingerprint density at radius 2 is 1.00 bits per heavy atom. The maximum atomic E-state index is 5.51. The average Bonchev–Trinajstić information content (AvgIpc) is 2.43. The number of rotatable bonds is 16. The Morgan fingerprint density at radius 3 is 1.42 bits per heavy atom. The Bertz CT molecular complexity index is 134. The SMILES string of the molecule is CCCCCCCCCCCCCCCO[Si]CC. The van der Waals surface area contributed by atoms with Gasteiger partial charge in [-0.3, -0.25) is 0 Å². The van der Waals surface area contributed by atoms with Crippen molar-refractivity contribution >= 4 is 9.76 Å². The Hall–Kier alpha value is 0.177. The molecule has 0 aromatic rings. The Labute approximate surface area is 124 Å². The van der Waals surface area contributed by atoms with Gasteiger partial charge in [0.05, 0.1) is 0 Å². The van der Waals surface area contributed by atoms with E-state index in [9.17, 15) is 0 Å². The molecule has 0 aliphatic rings. The Kier molecular flexibility index (Phi) is 18.3. The van der Waals surface area contributed by atoms with Crippen molar-refractivity contribution in [2.45, 2.75) is 103 Å². The van der Waals surface area contributed by atoms with Crippen LogP contribution in [0.25, 0.3) is 0 Å². The molecule has 0 aliphatic heterocycles. The molecule has 2 radical (unpaired) electrons. The van der Waals surface area contributed by atoms with Gasteiger partial charge in [0.15, 0.2) is 0 Å². The minimum atomic E-state index is 0.726. The van der Waals surface area contributed by atoms with Gasteiger partial charge in [0, 0.05) is 6.61 Å². The van der Waals surface area contributed by atoms with E-state index in [1.54, 1.807) is 0 Å². The molecule has 0 saturated heterocycles. The van der Waals surface area contributed by atoms with Crippen LogP contribution in [0.4, 0.5) is 0 Å². The minimum absolute atomic E-state index is 0.726. The fourth-order valence-corrected chi connectivity index (χ4v) is 2.86. The molecule has 0 rings (SSSR count). The van der Waals surface area contributed by atoms with Gasteiger partial charge in [-0.1, -0.05) is 90.9 Å². The standard InChI is InChI=1S/C17H36OSi/c1-3-5-6-7-8-9-10-11-12-13-14-15-16-17-18-19-4-2/h3-17H2,1-2H3. The first-order valence-corrected chi connectivity index (χ1v) is 9.88. The highest BCUT2D eigenvalue weighted by Crippen LogP contribution is 2.12. The van der Waals surface area contributed by atoms with Crippen molar-refractivity contribution in [1.82, 2.24) is 0 Å². The second-order valence-corrected chi connectivity index (χ2v) is 6.87. The van der Waals surface area contributed by atoms with Crippen molar-refractivity contribution in [3.63, 3.8) is 0 Å². The van der Waals surface area contributed by atoms with Gasteiger partial charge in [-0.25, -0.2) is 0 Å². The van der Waals surface area contributed by atoms with Crippen LogP contribution < -0.4 is 0 Å². The molecule has 0 heterocycles. The van der Waals surface area contributed by atoms with E-state index in [1.165, 1.54) is 89.5 Å². The van der Waals surface area contributed by atoms with Crippen molar-refractivity contribution in [3.05, 3.63) is 0 Å². The van der Waals surface area contributed by atoms with Gasteiger partial charge in [-0.2, -0.15) is 0 Å². The molecule has 0 bridgehead atoms. The van der Waals surface area contributed by atoms with Gasteiger partial charge in [-0.05, 0) is 12.5 Å². The molecule has 19 heavy (non-hydrogen) atoms. The zero-order valence-corrected chi connectivity index (χ0v) is 14.5. The lowest BCUT2D eigenvalue weighted by Crippen LogP contribution is -1.98. The number of unbranched alkanes of at least 4 members (excludes halogenated alkanes) is 12.